The molecule has 16 aliphatic carbocycles. The van der Waals surface area contributed by atoms with Gasteiger partial charge in [-0.15, -0.1) is 0 Å². The molecule has 2 heterocycles. The zero-order valence-corrected chi connectivity index (χ0v) is 74.2. The lowest BCUT2D eigenvalue weighted by Crippen LogP contribution is -2.66. The highest BCUT2D eigenvalue weighted by Crippen LogP contribution is 2.76. The summed E-state index contributed by atoms with van der Waals surface area (Å²) in [5.41, 5.74) is 29.6. The summed E-state index contributed by atoms with van der Waals surface area (Å²) in [7, 11) is -0.964. The van der Waals surface area contributed by atoms with Crippen LogP contribution < -0.4 is 39.2 Å². The highest BCUT2D eigenvalue weighted by atomic mass is 79.9. The van der Waals surface area contributed by atoms with Gasteiger partial charge in [-0.3, -0.25) is 40.1 Å². The van der Waals surface area contributed by atoms with Crippen LogP contribution in [0.5, 0.6) is 5.75 Å². The van der Waals surface area contributed by atoms with Crippen molar-refractivity contribution in [3.63, 3.8) is 0 Å². The number of halogens is 1. The molecule has 0 bridgehead atoms. The van der Waals surface area contributed by atoms with Crippen LogP contribution in [-0.2, 0) is 20.8 Å². The van der Waals surface area contributed by atoms with E-state index in [1.165, 1.54) is 99.7 Å². The predicted octanol–water partition coefficient (Wildman–Crippen LogP) is 21.1. The summed E-state index contributed by atoms with van der Waals surface area (Å²) < 4.78 is 12.0. The minimum atomic E-state index is -0.964. The number of non-ortho nitro benzene ring substituents is 3. The molecule has 20 nitrogen and oxygen atoms in total. The SMILES string of the molecule is BrCN1CC2CCC3C4CCC5C6CCCC7CCCC(C8CCC(C9CCC(C1)C2C39)C4C58)C76.CC(C)OB(OC(C)C)c1c2cc([N+](=O)[O-])ccc2c(N)c2c(N)cc([N+](=O)[O-])cc12.NOOc1cc(N)c2c(N)c3ccc([N+](=O)[O-])cc3c(CN3CC4CCC5C6CCC7C8CCCC9CCCC(C%10CCC(C%11CCC(C3)C4C5%11)C6C7%10)C98)c2c1. The molecule has 0 aromatic heterocycles. The fraction of sp³-hybridized carbons (Fsp3) is 0.720. The Kier molecular flexibility index (Phi) is 21.4. The van der Waals surface area contributed by atoms with Crippen LogP contribution in [0.4, 0.5) is 39.8 Å². The van der Waals surface area contributed by atoms with Crippen LogP contribution in [0, 0.1) is 220 Å². The Morgan fingerprint density at radius 3 is 1.09 bits per heavy atom. The minimum Gasteiger partial charge on any atom is -0.405 e. The van der Waals surface area contributed by atoms with Gasteiger partial charge in [0, 0.05) is 132 Å². The van der Waals surface area contributed by atoms with Crippen molar-refractivity contribution < 1.29 is 34.0 Å². The minimum absolute atomic E-state index is 0.0620. The summed E-state index contributed by atoms with van der Waals surface area (Å²) in [6.45, 7) is 13.0. The summed E-state index contributed by atoms with van der Waals surface area (Å²) in [6.07, 6.45) is 43.3. The smallest absolute Gasteiger partial charge is 0.405 e. The van der Waals surface area contributed by atoms with Crippen molar-refractivity contribution in [1.82, 2.24) is 9.80 Å². The Bertz CT molecular complexity index is 4940. The van der Waals surface area contributed by atoms with E-state index in [1.807, 2.05) is 33.8 Å². The van der Waals surface area contributed by atoms with E-state index >= 15 is 0 Å². The Labute approximate surface area is 729 Å². The van der Waals surface area contributed by atoms with Crippen molar-refractivity contribution in [2.75, 3.05) is 54.6 Å². The monoisotopic (exact) mass is 1720 g/mol. The van der Waals surface area contributed by atoms with Gasteiger partial charge in [-0.1, -0.05) is 72.3 Å². The summed E-state index contributed by atoms with van der Waals surface area (Å²) in [4.78, 5) is 48.9. The van der Waals surface area contributed by atoms with Crippen molar-refractivity contribution >= 4 is 111 Å². The molecule has 0 amide bonds. The number of fused-ring (bicyclic) bond motifs is 12. The van der Waals surface area contributed by atoms with Crippen molar-refractivity contribution in [3.05, 3.63) is 96.6 Å². The summed E-state index contributed by atoms with van der Waals surface area (Å²) in [5, 5.41) is 39.8. The molecule has 6 aromatic carbocycles. The molecule has 18 aliphatic rings. The maximum Gasteiger partial charge on any atom is 0.495 e. The zero-order valence-electron chi connectivity index (χ0n) is 72.6. The number of hydrogen-bond acceptors (Lipinski definition) is 17. The number of alkyl halides is 1. The molecule has 20 atom stereocenters. The second kappa shape index (κ2) is 32.0. The number of rotatable bonds is 13. The molecule has 0 radical (unpaired) electrons. The number of nitrogens with two attached hydrogens (primary N) is 5. The molecule has 22 heteroatoms. The highest BCUT2D eigenvalue weighted by Gasteiger charge is 2.70. The summed E-state index contributed by atoms with van der Waals surface area (Å²) >= 11 is 3.84. The van der Waals surface area contributed by atoms with Crippen LogP contribution in [0.2, 0.25) is 0 Å². The number of piperidine rings is 2. The van der Waals surface area contributed by atoms with Gasteiger partial charge in [0.05, 0.1) is 20.2 Å². The number of nitrogen functional groups attached to an aromatic ring is 4. The van der Waals surface area contributed by atoms with E-state index < -0.39 is 17.0 Å². The normalized spacial score (nSPS) is 40.7. The van der Waals surface area contributed by atoms with Crippen LogP contribution in [0.3, 0.4) is 0 Å². The second-order valence-electron chi connectivity index (χ2n) is 44.4. The number of nitrogens with zero attached hydrogens (tertiary/aromatic N) is 5. The van der Waals surface area contributed by atoms with Crippen LogP contribution >= 0.6 is 15.9 Å². The first kappa shape index (κ1) is 81.6. The average molecular weight is 1730 g/mol. The molecule has 10 N–H and O–H groups in total. The van der Waals surface area contributed by atoms with Crippen LogP contribution in [0.25, 0.3) is 43.1 Å². The lowest BCUT2D eigenvalue weighted by atomic mass is 9.34. The first-order valence-corrected chi connectivity index (χ1v) is 50.3. The van der Waals surface area contributed by atoms with Gasteiger partial charge >= 0.3 is 7.12 Å². The number of nitro groups is 3. The lowest BCUT2D eigenvalue weighted by Gasteiger charge is -2.71. The van der Waals surface area contributed by atoms with Gasteiger partial charge in [-0.2, -0.15) is 5.90 Å². The van der Waals surface area contributed by atoms with E-state index in [2.05, 4.69) is 30.7 Å². The van der Waals surface area contributed by atoms with Gasteiger partial charge in [0.1, 0.15) is 0 Å². The van der Waals surface area contributed by atoms with Gasteiger partial charge in [0.15, 0.2) is 5.75 Å². The maximum atomic E-state index is 12.0. The standard InChI is InChI=1S/C47H61N5O4.C33H50BrN.C20H23BN4O6/c48-40-19-27(55-56-50)18-38-39(37-17-26(52(53)54)9-12-36(37)47(49)46(38)40)22-51-20-24-7-10-30-34-15-13-32-28-5-1-3-23-4-2-6-29(42(23)28)33-14-16-35(45(34)44(32)33)31-11-8-25(21-51)41(24)43(30)31;34-17-35-15-19-7-9-23-27-13-11-25-21-5-1-3-18-4-2-6-22(30(18)21)26-12-14-28(33(27)32(25)26)24-10-8-20(16-35)29(19)31(23)24;1-10(2)30-21(31-11(3)4)19-15-7-12(24(26)27)5-6-14(15)20(23)18-16(19)8-13(25(28)29)9-17(18)22/h9,12,17-19,23-25,28-35,41-45H,1-8,10-11,13-16,20-22,48-50H2;18-33H,1-17H2;5-11H,22-23H2,1-4H3. The quantitative estimate of drug-likeness (QED) is 0.0105. The van der Waals surface area contributed by atoms with E-state index in [1.54, 1.807) is 166 Å². The number of anilines is 4. The first-order chi connectivity index (χ1) is 59.2. The van der Waals surface area contributed by atoms with Crippen molar-refractivity contribution in [2.24, 2.45) is 195 Å². The topological polar surface area (TPSA) is 303 Å². The summed E-state index contributed by atoms with van der Waals surface area (Å²) in [6, 6.07) is 15.4. The Hall–Kier alpha value is -6.14. The molecule has 0 spiro atoms. The Morgan fingerprint density at radius 1 is 0.377 bits per heavy atom. The Morgan fingerprint density at radius 2 is 0.713 bits per heavy atom. The third-order valence-corrected chi connectivity index (χ3v) is 40.3. The van der Waals surface area contributed by atoms with Crippen LogP contribution in [0.1, 0.15) is 213 Å². The molecule has 24 rings (SSSR count). The van der Waals surface area contributed by atoms with Gasteiger partial charge in [0.25, 0.3) is 17.1 Å². The summed E-state index contributed by atoms with van der Waals surface area (Å²) in [5.74, 6) is 39.6. The van der Waals surface area contributed by atoms with E-state index in [9.17, 15) is 30.3 Å². The van der Waals surface area contributed by atoms with Crippen LogP contribution in [0.15, 0.2) is 60.7 Å². The molecule has 2 saturated heterocycles. The molecule has 16 saturated carbocycles. The third-order valence-electron chi connectivity index (χ3n) is 39.6. The molecule has 20 unspecified atom stereocenters. The fourth-order valence-electron chi connectivity index (χ4n) is 37.1. The molecular formula is C100H134BBrN10O10. The number of hydrogen-bond donors (Lipinski definition) is 5. The molecular weight excluding hydrogens is 1590 g/mol. The molecule has 6 aromatic rings. The number of benzene rings is 6. The maximum absolute atomic E-state index is 12.0. The molecule has 654 valence electrons. The number of likely N-dealkylation sites (tertiary alicyclic amines) is 2. The van der Waals surface area contributed by atoms with E-state index in [4.69, 9.17) is 43.0 Å². The molecule has 122 heavy (non-hydrogen) atoms. The van der Waals surface area contributed by atoms with E-state index in [0.717, 1.165) is 205 Å². The van der Waals surface area contributed by atoms with Gasteiger partial charge in [-0.25, -0.2) is 0 Å². The number of nitro benzene ring substituents is 3. The third kappa shape index (κ3) is 13.1. The second-order valence-corrected chi connectivity index (χ2v) is 44.9. The van der Waals surface area contributed by atoms with Crippen molar-refractivity contribution in [2.45, 2.75) is 226 Å². The highest BCUT2D eigenvalue weighted by molar-refractivity contribution is 9.09. The van der Waals surface area contributed by atoms with E-state index in [0.29, 0.717) is 62.5 Å². The van der Waals surface area contributed by atoms with Crippen molar-refractivity contribution in [1.29, 1.82) is 0 Å². The Balaban J connectivity index is 0.000000116. The first-order valence-electron chi connectivity index (χ1n) is 49.1. The van der Waals surface area contributed by atoms with Gasteiger partial charge < -0.3 is 37.1 Å². The van der Waals surface area contributed by atoms with E-state index in [-0.39, 0.29) is 45.6 Å². The largest absolute Gasteiger partial charge is 0.495 e. The fourth-order valence-corrected chi connectivity index (χ4v) is 37.5. The van der Waals surface area contributed by atoms with Crippen molar-refractivity contribution in [3.8, 4) is 5.75 Å². The molecule has 2 aliphatic heterocycles. The average Bonchev–Trinajstić information content (AvgIpc) is 0.694. The predicted molar refractivity (Wildman–Crippen MR) is 486 cm³/mol. The van der Waals surface area contributed by atoms with Gasteiger partial charge in [0.2, 0.25) is 0 Å². The lowest BCUT2D eigenvalue weighted by molar-refractivity contribution is -0.384. The van der Waals surface area contributed by atoms with Crippen LogP contribution in [-0.4, -0.2) is 75.5 Å². The molecule has 18 fully saturated rings. The zero-order chi connectivity index (χ0) is 83.4. The van der Waals surface area contributed by atoms with Gasteiger partial charge in [-0.05, 0) is 396 Å².